The molecule has 0 N–H and O–H groups in total. The van der Waals surface area contributed by atoms with Gasteiger partial charge in [-0.1, -0.05) is 37.9 Å². The Morgan fingerprint density at radius 3 is 2.35 bits per heavy atom. The summed E-state index contributed by atoms with van der Waals surface area (Å²) in [6, 6.07) is 8.68. The van der Waals surface area contributed by atoms with E-state index >= 15 is 0 Å². The molecular formula is C14H9Br3ClFO. The molecule has 1 atom stereocenters. The molecule has 20 heavy (non-hydrogen) atoms. The van der Waals surface area contributed by atoms with E-state index < -0.39 is 5.38 Å². The van der Waals surface area contributed by atoms with E-state index in [4.69, 9.17) is 16.3 Å². The highest BCUT2D eigenvalue weighted by Gasteiger charge is 2.20. The largest absolute Gasteiger partial charge is 0.496 e. The van der Waals surface area contributed by atoms with Crippen molar-refractivity contribution in [3.63, 3.8) is 0 Å². The van der Waals surface area contributed by atoms with Crippen LogP contribution in [0, 0.1) is 5.82 Å². The first-order valence-electron chi connectivity index (χ1n) is 5.56. The second-order valence-corrected chi connectivity index (χ2v) is 7.10. The van der Waals surface area contributed by atoms with Crippen LogP contribution in [0.1, 0.15) is 16.5 Å². The van der Waals surface area contributed by atoms with Crippen molar-refractivity contribution >= 4 is 59.4 Å². The second-order valence-electron chi connectivity index (χ2n) is 4.04. The van der Waals surface area contributed by atoms with E-state index in [1.165, 1.54) is 13.2 Å². The van der Waals surface area contributed by atoms with E-state index in [2.05, 4.69) is 47.8 Å². The molecule has 0 saturated carbocycles. The minimum atomic E-state index is -0.454. The van der Waals surface area contributed by atoms with Crippen LogP contribution in [-0.2, 0) is 0 Å². The van der Waals surface area contributed by atoms with Gasteiger partial charge < -0.3 is 4.74 Å². The van der Waals surface area contributed by atoms with Gasteiger partial charge in [-0.05, 0) is 39.7 Å². The first-order valence-corrected chi connectivity index (χ1v) is 8.37. The van der Waals surface area contributed by atoms with Crippen molar-refractivity contribution in [1.29, 1.82) is 0 Å². The van der Waals surface area contributed by atoms with Gasteiger partial charge in [-0.25, -0.2) is 4.39 Å². The van der Waals surface area contributed by atoms with Gasteiger partial charge in [-0.2, -0.15) is 0 Å². The molecule has 0 heterocycles. The van der Waals surface area contributed by atoms with Gasteiger partial charge in [-0.15, -0.1) is 11.6 Å². The molecule has 0 fully saturated rings. The number of halogens is 5. The predicted molar refractivity (Wildman–Crippen MR) is 90.2 cm³/mol. The molecule has 0 amide bonds. The Hall–Kier alpha value is -0.100. The topological polar surface area (TPSA) is 9.23 Å². The smallest absolute Gasteiger partial charge is 0.141 e. The van der Waals surface area contributed by atoms with Crippen molar-refractivity contribution in [1.82, 2.24) is 0 Å². The first kappa shape index (κ1) is 16.3. The second kappa shape index (κ2) is 6.77. The predicted octanol–water partition coefficient (Wildman–Crippen LogP) is 6.45. The molecule has 2 aromatic rings. The van der Waals surface area contributed by atoms with Gasteiger partial charge in [0.2, 0.25) is 0 Å². The lowest BCUT2D eigenvalue weighted by Gasteiger charge is -2.16. The lowest BCUT2D eigenvalue weighted by atomic mass is 10.0. The van der Waals surface area contributed by atoms with Crippen molar-refractivity contribution in [3.8, 4) is 5.75 Å². The molecule has 106 valence electrons. The maximum absolute atomic E-state index is 13.6. The third kappa shape index (κ3) is 3.38. The average molecular weight is 487 g/mol. The summed E-state index contributed by atoms with van der Waals surface area (Å²) in [4.78, 5) is 0. The van der Waals surface area contributed by atoms with Crippen LogP contribution < -0.4 is 4.74 Å². The van der Waals surface area contributed by atoms with Crippen molar-refractivity contribution in [2.45, 2.75) is 5.38 Å². The van der Waals surface area contributed by atoms with Crippen LogP contribution in [0.25, 0.3) is 0 Å². The molecule has 0 saturated heterocycles. The average Bonchev–Trinajstić information content (AvgIpc) is 2.40. The van der Waals surface area contributed by atoms with Crippen LogP contribution in [0.4, 0.5) is 4.39 Å². The Bertz CT molecular complexity index is 649. The number of alkyl halides is 1. The van der Waals surface area contributed by atoms with E-state index in [-0.39, 0.29) is 5.82 Å². The number of hydrogen-bond donors (Lipinski definition) is 0. The highest BCUT2D eigenvalue weighted by Crippen LogP contribution is 2.40. The zero-order chi connectivity index (χ0) is 14.9. The molecule has 0 aliphatic heterocycles. The molecule has 0 bridgehead atoms. The van der Waals surface area contributed by atoms with Crippen molar-refractivity contribution in [2.75, 3.05) is 7.11 Å². The van der Waals surface area contributed by atoms with Crippen molar-refractivity contribution < 1.29 is 9.13 Å². The summed E-state index contributed by atoms with van der Waals surface area (Å²) in [6.45, 7) is 0. The fourth-order valence-electron chi connectivity index (χ4n) is 1.79. The summed E-state index contributed by atoms with van der Waals surface area (Å²) in [6.07, 6.45) is 0. The van der Waals surface area contributed by atoms with Crippen LogP contribution in [0.2, 0.25) is 0 Å². The fourth-order valence-corrected chi connectivity index (χ4v) is 3.92. The monoisotopic (exact) mass is 484 g/mol. The van der Waals surface area contributed by atoms with Crippen LogP contribution in [-0.4, -0.2) is 7.11 Å². The number of hydrogen-bond acceptors (Lipinski definition) is 1. The Morgan fingerprint density at radius 2 is 1.75 bits per heavy atom. The van der Waals surface area contributed by atoms with Gasteiger partial charge in [0.1, 0.15) is 11.6 Å². The summed E-state index contributed by atoms with van der Waals surface area (Å²) in [5, 5.41) is -0.454. The van der Waals surface area contributed by atoms with E-state index in [0.29, 0.717) is 15.8 Å². The third-order valence-electron chi connectivity index (χ3n) is 2.78. The molecule has 0 aromatic heterocycles. The van der Waals surface area contributed by atoms with Gasteiger partial charge in [0, 0.05) is 20.6 Å². The van der Waals surface area contributed by atoms with Crippen LogP contribution in [0.5, 0.6) is 5.75 Å². The minimum Gasteiger partial charge on any atom is -0.496 e. The molecule has 2 aromatic carbocycles. The van der Waals surface area contributed by atoms with Crippen molar-refractivity contribution in [3.05, 3.63) is 60.7 Å². The Morgan fingerprint density at radius 1 is 1.05 bits per heavy atom. The lowest BCUT2D eigenvalue weighted by molar-refractivity contribution is 0.406. The normalized spacial score (nSPS) is 12.3. The van der Waals surface area contributed by atoms with E-state index in [0.717, 1.165) is 14.5 Å². The van der Waals surface area contributed by atoms with Gasteiger partial charge >= 0.3 is 0 Å². The molecule has 0 aliphatic rings. The van der Waals surface area contributed by atoms with Crippen LogP contribution >= 0.6 is 59.4 Å². The van der Waals surface area contributed by atoms with E-state index in [1.807, 2.05) is 18.2 Å². The van der Waals surface area contributed by atoms with Gasteiger partial charge in [-0.3, -0.25) is 0 Å². The fraction of sp³-hybridized carbons (Fsp3) is 0.143. The third-order valence-corrected chi connectivity index (χ3v) is 5.04. The SMILES string of the molecule is COc1cc(F)c(Br)cc1C(Cl)c1ccc(Br)cc1Br. The summed E-state index contributed by atoms with van der Waals surface area (Å²) in [5.74, 6) is 0.0323. The zero-order valence-corrected chi connectivity index (χ0v) is 15.8. The molecule has 1 nitrogen and oxygen atoms in total. The number of methoxy groups -OCH3 is 1. The summed E-state index contributed by atoms with van der Waals surface area (Å²) in [5.41, 5.74) is 1.58. The standard InChI is InChI=1S/C14H9Br3ClFO/c1-20-13-6-12(19)11(17)5-9(13)14(18)8-3-2-7(15)4-10(8)16/h2-6,14H,1H3. The van der Waals surface area contributed by atoms with Gasteiger partial charge in [0.15, 0.2) is 0 Å². The quantitative estimate of drug-likeness (QED) is 0.453. The highest BCUT2D eigenvalue weighted by molar-refractivity contribution is 9.11. The molecule has 0 aliphatic carbocycles. The van der Waals surface area contributed by atoms with Crippen LogP contribution in [0.3, 0.4) is 0 Å². The highest BCUT2D eigenvalue weighted by atomic mass is 79.9. The molecular weight excluding hydrogens is 478 g/mol. The Balaban J connectivity index is 2.52. The van der Waals surface area contributed by atoms with E-state index in [9.17, 15) is 4.39 Å². The summed E-state index contributed by atoms with van der Waals surface area (Å²) in [7, 11) is 1.49. The van der Waals surface area contributed by atoms with Gasteiger partial charge in [0.05, 0.1) is 17.0 Å². The lowest BCUT2D eigenvalue weighted by Crippen LogP contribution is -2.00. The number of ether oxygens (including phenoxy) is 1. The molecule has 0 radical (unpaired) electrons. The molecule has 2 rings (SSSR count). The minimum absolute atomic E-state index is 0.354. The van der Waals surface area contributed by atoms with Crippen molar-refractivity contribution in [2.24, 2.45) is 0 Å². The Kier molecular flexibility index (Phi) is 5.51. The number of benzene rings is 2. The maximum Gasteiger partial charge on any atom is 0.141 e. The molecule has 0 spiro atoms. The van der Waals surface area contributed by atoms with E-state index in [1.54, 1.807) is 6.07 Å². The zero-order valence-electron chi connectivity index (χ0n) is 10.3. The molecule has 6 heteroatoms. The summed E-state index contributed by atoms with van der Waals surface area (Å²) < 4.78 is 20.9. The van der Waals surface area contributed by atoms with Crippen LogP contribution in [0.15, 0.2) is 43.7 Å². The number of rotatable bonds is 3. The maximum atomic E-state index is 13.6. The Labute approximate surface area is 146 Å². The first-order chi connectivity index (χ1) is 9.43. The summed E-state index contributed by atoms with van der Waals surface area (Å²) >= 11 is 16.6. The molecule has 1 unspecified atom stereocenters. The van der Waals surface area contributed by atoms with Gasteiger partial charge in [0.25, 0.3) is 0 Å².